The number of nitrogens with zero attached hydrogens (tertiary/aromatic N) is 1. The fourth-order valence-corrected chi connectivity index (χ4v) is 4.28. The minimum absolute atomic E-state index is 0.0196. The Labute approximate surface area is 197 Å². The second-order valence-corrected chi connectivity index (χ2v) is 8.10. The summed E-state index contributed by atoms with van der Waals surface area (Å²) in [4.78, 5) is 39.2. The SMILES string of the molecule is COc1cc(OC)c([C@H]2CCN(C)[C@@H]2COC(C)=O)c(OC(=O)c2ccc(F)cc2)c1C(C)=O. The van der Waals surface area contributed by atoms with Crippen molar-refractivity contribution < 1.29 is 37.7 Å². The molecule has 0 spiro atoms. The van der Waals surface area contributed by atoms with Crippen LogP contribution in [0.15, 0.2) is 30.3 Å². The molecule has 1 aliphatic rings. The molecule has 0 radical (unpaired) electrons. The number of carbonyl (C=O) groups excluding carboxylic acids is 3. The Morgan fingerprint density at radius 2 is 1.71 bits per heavy atom. The number of ether oxygens (including phenoxy) is 4. The molecule has 2 aromatic carbocycles. The van der Waals surface area contributed by atoms with E-state index in [4.69, 9.17) is 18.9 Å². The Morgan fingerprint density at radius 3 is 2.26 bits per heavy atom. The molecule has 0 aromatic heterocycles. The van der Waals surface area contributed by atoms with E-state index >= 15 is 0 Å². The van der Waals surface area contributed by atoms with Crippen molar-refractivity contribution in [2.45, 2.75) is 32.2 Å². The number of benzene rings is 2. The smallest absolute Gasteiger partial charge is 0.343 e. The van der Waals surface area contributed by atoms with Crippen molar-refractivity contribution >= 4 is 17.7 Å². The van der Waals surface area contributed by atoms with E-state index in [1.807, 2.05) is 11.9 Å². The van der Waals surface area contributed by atoms with Crippen LogP contribution in [-0.4, -0.2) is 63.1 Å². The topological polar surface area (TPSA) is 91.4 Å². The van der Waals surface area contributed by atoms with Gasteiger partial charge in [-0.1, -0.05) is 0 Å². The van der Waals surface area contributed by atoms with Crippen molar-refractivity contribution in [3.63, 3.8) is 0 Å². The summed E-state index contributed by atoms with van der Waals surface area (Å²) < 4.78 is 35.5. The van der Waals surface area contributed by atoms with Crippen molar-refractivity contribution in [3.8, 4) is 17.2 Å². The molecule has 2 aromatic rings. The average Bonchev–Trinajstić information content (AvgIpc) is 3.16. The zero-order chi connectivity index (χ0) is 25.0. The summed E-state index contributed by atoms with van der Waals surface area (Å²) >= 11 is 0. The minimum atomic E-state index is -0.762. The van der Waals surface area contributed by atoms with Gasteiger partial charge >= 0.3 is 11.9 Å². The number of hydrogen-bond acceptors (Lipinski definition) is 8. The maximum Gasteiger partial charge on any atom is 0.343 e. The van der Waals surface area contributed by atoms with Gasteiger partial charge in [0.05, 0.1) is 25.8 Å². The fraction of sp³-hybridized carbons (Fsp3) is 0.400. The van der Waals surface area contributed by atoms with Crippen molar-refractivity contribution in [1.29, 1.82) is 0 Å². The van der Waals surface area contributed by atoms with Crippen LogP contribution in [-0.2, 0) is 9.53 Å². The van der Waals surface area contributed by atoms with E-state index in [0.29, 0.717) is 24.3 Å². The van der Waals surface area contributed by atoms with E-state index in [1.165, 1.54) is 40.2 Å². The molecule has 182 valence electrons. The van der Waals surface area contributed by atoms with Crippen molar-refractivity contribution in [2.24, 2.45) is 0 Å². The molecule has 1 fully saturated rings. The number of ketones is 1. The van der Waals surface area contributed by atoms with Gasteiger partial charge in [-0.3, -0.25) is 14.5 Å². The number of likely N-dealkylation sites (tertiary alicyclic amines) is 1. The molecule has 3 rings (SSSR count). The Balaban J connectivity index is 2.18. The Hall–Kier alpha value is -3.46. The first-order chi connectivity index (χ1) is 16.2. The molecule has 0 bridgehead atoms. The van der Waals surface area contributed by atoms with Gasteiger partial charge in [-0.05, 0) is 51.2 Å². The van der Waals surface area contributed by atoms with Gasteiger partial charge in [-0.2, -0.15) is 0 Å². The first kappa shape index (κ1) is 25.2. The molecule has 9 heteroatoms. The highest BCUT2D eigenvalue weighted by Gasteiger charge is 2.40. The summed E-state index contributed by atoms with van der Waals surface area (Å²) in [6.07, 6.45) is 0.642. The van der Waals surface area contributed by atoms with E-state index in [2.05, 4.69) is 0 Å². The second-order valence-electron chi connectivity index (χ2n) is 8.10. The van der Waals surface area contributed by atoms with Gasteiger partial charge in [0.25, 0.3) is 0 Å². The van der Waals surface area contributed by atoms with E-state index in [0.717, 1.165) is 12.1 Å². The van der Waals surface area contributed by atoms with Crippen molar-refractivity contribution in [3.05, 3.63) is 52.8 Å². The van der Waals surface area contributed by atoms with Gasteiger partial charge in [-0.25, -0.2) is 9.18 Å². The van der Waals surface area contributed by atoms with Crippen LogP contribution >= 0.6 is 0 Å². The third-order valence-corrected chi connectivity index (χ3v) is 5.96. The minimum Gasteiger partial charge on any atom is -0.496 e. The van der Waals surface area contributed by atoms with Gasteiger partial charge in [0, 0.05) is 24.5 Å². The third kappa shape index (κ3) is 5.20. The normalized spacial score (nSPS) is 17.8. The van der Waals surface area contributed by atoms with Crippen LogP contribution in [0.1, 0.15) is 52.5 Å². The molecular weight excluding hydrogens is 445 g/mol. The van der Waals surface area contributed by atoms with Crippen LogP contribution in [0.5, 0.6) is 17.2 Å². The van der Waals surface area contributed by atoms with Gasteiger partial charge in [0.1, 0.15) is 29.5 Å². The molecule has 34 heavy (non-hydrogen) atoms. The Morgan fingerprint density at radius 1 is 1.06 bits per heavy atom. The van der Waals surface area contributed by atoms with Crippen LogP contribution in [0.3, 0.4) is 0 Å². The summed E-state index contributed by atoms with van der Waals surface area (Å²) in [5.74, 6) is -1.73. The van der Waals surface area contributed by atoms with E-state index < -0.39 is 17.8 Å². The van der Waals surface area contributed by atoms with Gasteiger partial charge < -0.3 is 18.9 Å². The lowest BCUT2D eigenvalue weighted by molar-refractivity contribution is -0.142. The largest absolute Gasteiger partial charge is 0.496 e. The third-order valence-electron chi connectivity index (χ3n) is 5.96. The zero-order valence-corrected chi connectivity index (χ0v) is 19.8. The van der Waals surface area contributed by atoms with Gasteiger partial charge in [0.15, 0.2) is 11.5 Å². The zero-order valence-electron chi connectivity index (χ0n) is 19.8. The Bertz CT molecular complexity index is 1080. The number of Topliss-reactive ketones (excluding diaryl/α,β-unsaturated/α-hetero) is 1. The summed E-state index contributed by atoms with van der Waals surface area (Å²) in [6.45, 7) is 3.49. The molecular formula is C25H28FNO7. The molecule has 0 amide bonds. The quantitative estimate of drug-likeness (QED) is 0.326. The summed E-state index contributed by atoms with van der Waals surface area (Å²) in [5, 5.41) is 0. The van der Waals surface area contributed by atoms with Crippen molar-refractivity contribution in [2.75, 3.05) is 34.4 Å². The van der Waals surface area contributed by atoms with Crippen LogP contribution < -0.4 is 14.2 Å². The standard InChI is InChI=1S/C25H28FNO7/c1-14(28)22-20(31-4)12-21(32-5)23(18-10-11-27(3)19(18)13-33-15(2)29)24(22)34-25(30)16-6-8-17(26)9-7-16/h6-9,12,18-19H,10-11,13H2,1-5H3/t18-,19+/m0/s1. The lowest BCUT2D eigenvalue weighted by atomic mass is 9.87. The van der Waals surface area contributed by atoms with Gasteiger partial charge in [-0.15, -0.1) is 0 Å². The second kappa shape index (κ2) is 10.6. The van der Waals surface area contributed by atoms with Crippen LogP contribution in [0.25, 0.3) is 0 Å². The summed E-state index contributed by atoms with van der Waals surface area (Å²) in [7, 11) is 4.77. The van der Waals surface area contributed by atoms with Crippen LogP contribution in [0.2, 0.25) is 0 Å². The lowest BCUT2D eigenvalue weighted by Gasteiger charge is -2.28. The maximum atomic E-state index is 13.4. The molecule has 8 nitrogen and oxygen atoms in total. The van der Waals surface area contributed by atoms with Crippen molar-refractivity contribution in [1.82, 2.24) is 4.90 Å². The molecule has 0 saturated carbocycles. The molecule has 0 aliphatic carbocycles. The molecule has 1 aliphatic heterocycles. The molecule has 1 heterocycles. The fourth-order valence-electron chi connectivity index (χ4n) is 4.28. The molecule has 0 unspecified atom stereocenters. The lowest BCUT2D eigenvalue weighted by Crippen LogP contribution is -2.34. The summed E-state index contributed by atoms with van der Waals surface area (Å²) in [5.41, 5.74) is 0.712. The number of halogens is 1. The predicted octanol–water partition coefficient (Wildman–Crippen LogP) is 3.62. The average molecular weight is 473 g/mol. The van der Waals surface area contributed by atoms with E-state index in [9.17, 15) is 18.8 Å². The summed E-state index contributed by atoms with van der Waals surface area (Å²) in [6, 6.07) is 6.24. The van der Waals surface area contributed by atoms with Crippen LogP contribution in [0, 0.1) is 5.82 Å². The number of hydrogen-bond donors (Lipinski definition) is 0. The number of likely N-dealkylation sites (N-methyl/N-ethyl adjacent to an activating group) is 1. The maximum absolute atomic E-state index is 13.4. The highest BCUT2D eigenvalue weighted by atomic mass is 19.1. The monoisotopic (exact) mass is 473 g/mol. The number of rotatable bonds is 8. The first-order valence-corrected chi connectivity index (χ1v) is 10.8. The van der Waals surface area contributed by atoms with E-state index in [-0.39, 0.29) is 47.0 Å². The van der Waals surface area contributed by atoms with Gasteiger partial charge in [0.2, 0.25) is 0 Å². The molecule has 0 N–H and O–H groups in total. The van der Waals surface area contributed by atoms with E-state index in [1.54, 1.807) is 6.07 Å². The van der Waals surface area contributed by atoms with Crippen LogP contribution in [0.4, 0.5) is 4.39 Å². The molecule has 1 saturated heterocycles. The number of carbonyl (C=O) groups is 3. The highest BCUT2D eigenvalue weighted by Crippen LogP contribution is 2.48. The number of methoxy groups -OCH3 is 2. The highest BCUT2D eigenvalue weighted by molar-refractivity contribution is 6.02. The molecule has 2 atom stereocenters. The predicted molar refractivity (Wildman–Crippen MR) is 121 cm³/mol. The Kier molecular flexibility index (Phi) is 7.88. The number of esters is 2. The first-order valence-electron chi connectivity index (χ1n) is 10.8.